The van der Waals surface area contributed by atoms with E-state index in [-0.39, 0.29) is 47.3 Å². The summed E-state index contributed by atoms with van der Waals surface area (Å²) >= 11 is 0. The highest BCUT2D eigenvalue weighted by molar-refractivity contribution is 5.79. The van der Waals surface area contributed by atoms with Crippen molar-refractivity contribution in [3.05, 3.63) is 0 Å². The van der Waals surface area contributed by atoms with E-state index in [1.54, 1.807) is 0 Å². The van der Waals surface area contributed by atoms with Crippen molar-refractivity contribution in [2.45, 2.75) is 87.5 Å². The first-order chi connectivity index (χ1) is 16.4. The van der Waals surface area contributed by atoms with Crippen molar-refractivity contribution >= 4 is 23.6 Å². The van der Waals surface area contributed by atoms with Crippen LogP contribution in [0.5, 0.6) is 0 Å². The molecule has 4 amide bonds. The summed E-state index contributed by atoms with van der Waals surface area (Å²) in [5.41, 5.74) is 0. The molecule has 0 saturated heterocycles. The molecule has 0 heterocycles. The zero-order valence-corrected chi connectivity index (χ0v) is 23.6. The van der Waals surface area contributed by atoms with Gasteiger partial charge in [-0.2, -0.15) is 0 Å². The molecule has 0 aromatic carbocycles. The van der Waals surface area contributed by atoms with Crippen molar-refractivity contribution in [3.8, 4) is 0 Å². The quantitative estimate of drug-likeness (QED) is 0.284. The van der Waals surface area contributed by atoms with Gasteiger partial charge in [-0.15, -0.1) is 0 Å². The van der Waals surface area contributed by atoms with Crippen LogP contribution in [0.15, 0.2) is 0 Å². The molecule has 0 aromatic rings. The Hall–Kier alpha value is -2.12. The van der Waals surface area contributed by atoms with E-state index in [9.17, 15) is 19.2 Å². The maximum absolute atomic E-state index is 12.9. The number of nitrogens with zero attached hydrogens (tertiary/aromatic N) is 2. The highest BCUT2D eigenvalue weighted by atomic mass is 16.2. The van der Waals surface area contributed by atoms with Crippen LogP contribution in [0.25, 0.3) is 0 Å². The summed E-state index contributed by atoms with van der Waals surface area (Å²) in [6.45, 7) is 18.9. The van der Waals surface area contributed by atoms with E-state index in [2.05, 4.69) is 10.6 Å². The molecule has 0 fully saturated rings. The summed E-state index contributed by atoms with van der Waals surface area (Å²) in [6, 6.07) is 0. The van der Waals surface area contributed by atoms with Gasteiger partial charge in [0.15, 0.2) is 0 Å². The molecular weight excluding hydrogens is 444 g/mol. The molecule has 0 radical (unpaired) electrons. The van der Waals surface area contributed by atoms with Crippen molar-refractivity contribution in [2.24, 2.45) is 23.7 Å². The number of carbonyl (C=O) groups excluding carboxylic acids is 4. The molecule has 0 aliphatic carbocycles. The number of carbonyl (C=O) groups is 4. The minimum absolute atomic E-state index is 0.0275. The van der Waals surface area contributed by atoms with Gasteiger partial charge in [0.1, 0.15) is 0 Å². The van der Waals surface area contributed by atoms with E-state index in [1.165, 1.54) is 0 Å². The third-order valence-electron chi connectivity index (χ3n) is 6.11. The van der Waals surface area contributed by atoms with Gasteiger partial charge in [0, 0.05) is 62.9 Å². The van der Waals surface area contributed by atoms with Crippen LogP contribution in [0.1, 0.15) is 87.5 Å². The van der Waals surface area contributed by atoms with Crippen LogP contribution in [0.4, 0.5) is 0 Å². The fourth-order valence-corrected chi connectivity index (χ4v) is 3.49. The van der Waals surface area contributed by atoms with Gasteiger partial charge in [-0.25, -0.2) is 0 Å². The Labute approximate surface area is 213 Å². The lowest BCUT2D eigenvalue weighted by atomic mass is 10.1. The second-order valence-electron chi connectivity index (χ2n) is 10.4. The van der Waals surface area contributed by atoms with Crippen molar-refractivity contribution in [3.63, 3.8) is 0 Å². The second kappa shape index (κ2) is 18.2. The van der Waals surface area contributed by atoms with E-state index < -0.39 is 0 Å². The maximum Gasteiger partial charge on any atom is 0.225 e. The van der Waals surface area contributed by atoms with Gasteiger partial charge in [-0.05, 0) is 32.1 Å². The molecule has 0 saturated carbocycles. The molecule has 1 unspecified atom stereocenters. The summed E-state index contributed by atoms with van der Waals surface area (Å²) in [5, 5.41) is 5.82. The maximum atomic E-state index is 12.9. The molecule has 204 valence electrons. The second-order valence-corrected chi connectivity index (χ2v) is 10.4. The van der Waals surface area contributed by atoms with E-state index in [1.807, 2.05) is 65.2 Å². The molecule has 0 aliphatic rings. The standard InChI is InChI=1S/C27H52N4O4/c1-9-23(8)27(35)31(19-13-15-29-25(33)21(4)5)17-11-10-16-30(26(34)22(6)7)18-12-14-28-24(32)20(2)3/h20-23H,9-19H2,1-8H3,(H,28,32)(H,29,33). The summed E-state index contributed by atoms with van der Waals surface area (Å²) in [5.74, 6) is 0.134. The summed E-state index contributed by atoms with van der Waals surface area (Å²) in [4.78, 5) is 52.8. The molecule has 0 bridgehead atoms. The van der Waals surface area contributed by atoms with Gasteiger partial charge < -0.3 is 20.4 Å². The highest BCUT2D eigenvalue weighted by Gasteiger charge is 2.20. The van der Waals surface area contributed by atoms with Gasteiger partial charge in [0.25, 0.3) is 0 Å². The molecule has 35 heavy (non-hydrogen) atoms. The molecule has 0 aromatic heterocycles. The normalized spacial score (nSPS) is 12.1. The monoisotopic (exact) mass is 496 g/mol. The fraction of sp³-hybridized carbons (Fsp3) is 0.852. The Kier molecular flexibility index (Phi) is 17.1. The lowest BCUT2D eigenvalue weighted by Crippen LogP contribution is -2.40. The third-order valence-corrected chi connectivity index (χ3v) is 6.11. The van der Waals surface area contributed by atoms with E-state index in [4.69, 9.17) is 0 Å². The van der Waals surface area contributed by atoms with Crippen LogP contribution < -0.4 is 10.6 Å². The number of hydrogen-bond acceptors (Lipinski definition) is 4. The molecule has 8 heteroatoms. The first-order valence-corrected chi connectivity index (χ1v) is 13.5. The smallest absolute Gasteiger partial charge is 0.225 e. The molecule has 2 N–H and O–H groups in total. The van der Waals surface area contributed by atoms with Gasteiger partial charge >= 0.3 is 0 Å². The van der Waals surface area contributed by atoms with Gasteiger partial charge in [-0.1, -0.05) is 55.4 Å². The summed E-state index contributed by atoms with van der Waals surface area (Å²) in [7, 11) is 0. The van der Waals surface area contributed by atoms with E-state index in [0.717, 1.165) is 32.1 Å². The molecule has 0 spiro atoms. The summed E-state index contributed by atoms with van der Waals surface area (Å²) in [6.07, 6.45) is 3.86. The fourth-order valence-electron chi connectivity index (χ4n) is 3.49. The molecule has 1 atom stereocenters. The lowest BCUT2D eigenvalue weighted by molar-refractivity contribution is -0.136. The van der Waals surface area contributed by atoms with Crippen LogP contribution in [-0.4, -0.2) is 72.7 Å². The minimum atomic E-state index is -0.0789. The predicted molar refractivity (Wildman–Crippen MR) is 142 cm³/mol. The van der Waals surface area contributed by atoms with Crippen molar-refractivity contribution in [1.82, 2.24) is 20.4 Å². The third kappa shape index (κ3) is 14.1. The average molecular weight is 497 g/mol. The Bertz CT molecular complexity index is 649. The number of amides is 4. The number of nitrogens with one attached hydrogen (secondary N) is 2. The van der Waals surface area contributed by atoms with Crippen molar-refractivity contribution in [2.75, 3.05) is 39.3 Å². The van der Waals surface area contributed by atoms with E-state index in [0.29, 0.717) is 39.3 Å². The molecule has 0 rings (SSSR count). The zero-order chi connectivity index (χ0) is 27.0. The SMILES string of the molecule is CCC(C)C(=O)N(CCCCN(CCCNC(=O)C(C)C)C(=O)C(C)C)CCCNC(=O)C(C)C. The first kappa shape index (κ1) is 32.9. The topological polar surface area (TPSA) is 98.8 Å². The van der Waals surface area contributed by atoms with Gasteiger partial charge in [0.2, 0.25) is 23.6 Å². The lowest BCUT2D eigenvalue weighted by Gasteiger charge is -2.27. The first-order valence-electron chi connectivity index (χ1n) is 13.5. The predicted octanol–water partition coefficient (Wildman–Crippen LogP) is 3.45. The van der Waals surface area contributed by atoms with Crippen LogP contribution in [0, 0.1) is 23.7 Å². The number of hydrogen-bond donors (Lipinski definition) is 2. The molecule has 0 aliphatic heterocycles. The molecular formula is C27H52N4O4. The van der Waals surface area contributed by atoms with Crippen LogP contribution in [-0.2, 0) is 19.2 Å². The van der Waals surface area contributed by atoms with Gasteiger partial charge in [-0.3, -0.25) is 19.2 Å². The van der Waals surface area contributed by atoms with Crippen molar-refractivity contribution < 1.29 is 19.2 Å². The Morgan fingerprint density at radius 3 is 1.29 bits per heavy atom. The Balaban J connectivity index is 4.73. The largest absolute Gasteiger partial charge is 0.356 e. The van der Waals surface area contributed by atoms with E-state index >= 15 is 0 Å². The number of rotatable bonds is 18. The minimum Gasteiger partial charge on any atom is -0.356 e. The molecule has 8 nitrogen and oxygen atoms in total. The Morgan fingerprint density at radius 2 is 0.943 bits per heavy atom. The zero-order valence-electron chi connectivity index (χ0n) is 23.6. The van der Waals surface area contributed by atoms with Crippen LogP contribution >= 0.6 is 0 Å². The van der Waals surface area contributed by atoms with Gasteiger partial charge in [0.05, 0.1) is 0 Å². The average Bonchev–Trinajstić information content (AvgIpc) is 2.81. The van der Waals surface area contributed by atoms with Crippen LogP contribution in [0.2, 0.25) is 0 Å². The van der Waals surface area contributed by atoms with Crippen LogP contribution in [0.3, 0.4) is 0 Å². The van der Waals surface area contributed by atoms with Crippen molar-refractivity contribution in [1.29, 1.82) is 0 Å². The number of unbranched alkanes of at least 4 members (excludes halogenated alkanes) is 1. The Morgan fingerprint density at radius 1 is 0.571 bits per heavy atom. The summed E-state index contributed by atoms with van der Waals surface area (Å²) < 4.78 is 0. The highest BCUT2D eigenvalue weighted by Crippen LogP contribution is 2.10.